The first-order chi connectivity index (χ1) is 5.90. The van der Waals surface area contributed by atoms with E-state index in [0.717, 1.165) is 5.39 Å². The number of fused-ring (bicyclic) bond motifs is 1. The Labute approximate surface area is 68.1 Å². The van der Waals surface area contributed by atoms with Crippen LogP contribution in [-0.4, -0.2) is 16.4 Å². The fraction of sp³-hybridized carbons (Fsp3) is 0. The van der Waals surface area contributed by atoms with Crippen LogP contribution in [0.3, 0.4) is 0 Å². The van der Waals surface area contributed by atoms with Gasteiger partial charge in [0.25, 0.3) is 0 Å². The maximum absolute atomic E-state index is 8.23. The minimum atomic E-state index is 0.492. The maximum Gasteiger partial charge on any atom is 0.226 e. The lowest BCUT2D eigenvalue weighted by Gasteiger charge is -1.81. The number of pyridine rings is 1. The summed E-state index contributed by atoms with van der Waals surface area (Å²) in [6, 6.07) is 5.44. The van der Waals surface area contributed by atoms with Crippen LogP contribution >= 0.6 is 0 Å². The van der Waals surface area contributed by atoms with Crippen LogP contribution in [0.5, 0.6) is 0 Å². The van der Waals surface area contributed by atoms with E-state index >= 15 is 0 Å². The molecule has 0 unspecified atom stereocenters. The van der Waals surface area contributed by atoms with Crippen LogP contribution in [-0.2, 0) is 0 Å². The van der Waals surface area contributed by atoms with Gasteiger partial charge in [0, 0.05) is 11.6 Å². The molecule has 0 spiro atoms. The van der Waals surface area contributed by atoms with Crippen molar-refractivity contribution in [2.75, 3.05) is 0 Å². The number of aromatic nitrogens is 1. The molecule has 0 fully saturated rings. The van der Waals surface area contributed by atoms with E-state index in [-0.39, 0.29) is 0 Å². The Morgan fingerprint density at radius 2 is 2.50 bits per heavy atom. The molecule has 1 N–H and O–H groups in total. The molecule has 0 saturated carbocycles. The van der Waals surface area contributed by atoms with Crippen molar-refractivity contribution in [1.29, 1.82) is 0 Å². The Bertz CT molecular complexity index is 387. The molecule has 0 aliphatic rings. The van der Waals surface area contributed by atoms with Gasteiger partial charge < -0.3 is 9.62 Å². The fourth-order valence-corrected chi connectivity index (χ4v) is 1.01. The third kappa shape index (κ3) is 1.03. The Morgan fingerprint density at radius 3 is 3.25 bits per heavy atom. The molecule has 2 rings (SSSR count). The largest absolute Gasteiger partial charge is 0.437 e. The zero-order valence-corrected chi connectivity index (χ0v) is 6.14. The average Bonchev–Trinajstić information content (AvgIpc) is 2.47. The number of hydrogen-bond donors (Lipinski definition) is 1. The number of hydrogen-bond acceptors (Lipinski definition) is 4. The van der Waals surface area contributed by atoms with Gasteiger partial charge in [-0.15, -0.1) is 0 Å². The second-order valence-corrected chi connectivity index (χ2v) is 2.29. The summed E-state index contributed by atoms with van der Waals surface area (Å²) in [4.78, 5) is 3.97. The molecule has 60 valence electrons. The van der Waals surface area contributed by atoms with Crippen molar-refractivity contribution in [2.24, 2.45) is 5.16 Å². The fourth-order valence-electron chi connectivity index (χ4n) is 1.01. The van der Waals surface area contributed by atoms with E-state index in [1.165, 1.54) is 6.21 Å². The molecule has 0 saturated heterocycles. The zero-order valence-electron chi connectivity index (χ0n) is 6.14. The van der Waals surface area contributed by atoms with Crippen molar-refractivity contribution in [1.82, 2.24) is 4.98 Å². The molecule has 0 aliphatic heterocycles. The van der Waals surface area contributed by atoms with Gasteiger partial charge in [-0.1, -0.05) is 5.16 Å². The van der Waals surface area contributed by atoms with E-state index in [0.29, 0.717) is 11.5 Å². The molecule has 12 heavy (non-hydrogen) atoms. The number of furan rings is 1. The van der Waals surface area contributed by atoms with Gasteiger partial charge in [0.15, 0.2) is 5.76 Å². The first kappa shape index (κ1) is 6.84. The standard InChI is InChI=1S/C8H6N2O2/c11-10-5-7-4-6-2-1-3-9-8(6)12-7/h1-5,11H/b10-5+. The Kier molecular flexibility index (Phi) is 1.51. The van der Waals surface area contributed by atoms with Crippen molar-refractivity contribution in [3.8, 4) is 0 Å². The van der Waals surface area contributed by atoms with Crippen LogP contribution in [0.15, 0.2) is 34.0 Å². The SMILES string of the molecule is O/N=C/c1cc2cccnc2o1. The predicted octanol–water partition coefficient (Wildman–Crippen LogP) is 1.64. The van der Waals surface area contributed by atoms with Gasteiger partial charge in [-0.2, -0.15) is 0 Å². The lowest BCUT2D eigenvalue weighted by molar-refractivity contribution is 0.321. The Balaban J connectivity index is 2.62. The molecule has 4 heteroatoms. The topological polar surface area (TPSA) is 58.6 Å². The van der Waals surface area contributed by atoms with Crippen LogP contribution in [0.1, 0.15) is 5.76 Å². The molecule has 2 aromatic heterocycles. The van der Waals surface area contributed by atoms with Crippen LogP contribution in [0.4, 0.5) is 0 Å². The molecule has 0 aliphatic carbocycles. The van der Waals surface area contributed by atoms with Crippen molar-refractivity contribution in [2.45, 2.75) is 0 Å². The third-order valence-electron chi connectivity index (χ3n) is 1.50. The van der Waals surface area contributed by atoms with E-state index in [2.05, 4.69) is 10.1 Å². The quantitative estimate of drug-likeness (QED) is 0.394. The summed E-state index contributed by atoms with van der Waals surface area (Å²) in [6.45, 7) is 0. The average molecular weight is 162 g/mol. The highest BCUT2D eigenvalue weighted by Crippen LogP contribution is 2.14. The van der Waals surface area contributed by atoms with Crippen LogP contribution in [0.25, 0.3) is 11.1 Å². The summed E-state index contributed by atoms with van der Waals surface area (Å²) in [5, 5.41) is 12.0. The molecular formula is C8H6N2O2. The van der Waals surface area contributed by atoms with Crippen LogP contribution in [0, 0.1) is 0 Å². The smallest absolute Gasteiger partial charge is 0.226 e. The highest BCUT2D eigenvalue weighted by atomic mass is 16.4. The summed E-state index contributed by atoms with van der Waals surface area (Å²) in [6.07, 6.45) is 2.87. The van der Waals surface area contributed by atoms with Gasteiger partial charge in [-0.3, -0.25) is 0 Å². The summed E-state index contributed by atoms with van der Waals surface area (Å²) in [5.74, 6) is 0.492. The number of nitrogens with zero attached hydrogens (tertiary/aromatic N) is 2. The minimum absolute atomic E-state index is 0.492. The molecule has 0 radical (unpaired) electrons. The van der Waals surface area contributed by atoms with Crippen LogP contribution < -0.4 is 0 Å². The summed E-state index contributed by atoms with van der Waals surface area (Å²) in [7, 11) is 0. The van der Waals surface area contributed by atoms with Gasteiger partial charge in [-0.25, -0.2) is 4.98 Å². The molecule has 0 amide bonds. The first-order valence-corrected chi connectivity index (χ1v) is 3.42. The molecule has 0 aromatic carbocycles. The molecule has 2 aromatic rings. The molecule has 0 bridgehead atoms. The first-order valence-electron chi connectivity index (χ1n) is 3.42. The molecule has 2 heterocycles. The van der Waals surface area contributed by atoms with E-state index in [1.807, 2.05) is 12.1 Å². The molecule has 0 atom stereocenters. The van der Waals surface area contributed by atoms with Gasteiger partial charge in [0.2, 0.25) is 5.71 Å². The summed E-state index contributed by atoms with van der Waals surface area (Å²) >= 11 is 0. The van der Waals surface area contributed by atoms with E-state index < -0.39 is 0 Å². The van der Waals surface area contributed by atoms with E-state index in [9.17, 15) is 0 Å². The Hall–Kier alpha value is -1.84. The zero-order chi connectivity index (χ0) is 8.39. The second kappa shape index (κ2) is 2.65. The predicted molar refractivity (Wildman–Crippen MR) is 43.4 cm³/mol. The lowest BCUT2D eigenvalue weighted by Crippen LogP contribution is -1.71. The summed E-state index contributed by atoms with van der Waals surface area (Å²) in [5.41, 5.74) is 0.549. The second-order valence-electron chi connectivity index (χ2n) is 2.29. The monoisotopic (exact) mass is 162 g/mol. The van der Waals surface area contributed by atoms with Gasteiger partial charge in [0.05, 0.1) is 0 Å². The van der Waals surface area contributed by atoms with Crippen molar-refractivity contribution in [3.05, 3.63) is 30.2 Å². The van der Waals surface area contributed by atoms with Crippen LogP contribution in [0.2, 0.25) is 0 Å². The van der Waals surface area contributed by atoms with Crippen molar-refractivity contribution in [3.63, 3.8) is 0 Å². The Morgan fingerprint density at radius 1 is 1.58 bits per heavy atom. The van der Waals surface area contributed by atoms with Crippen molar-refractivity contribution < 1.29 is 9.62 Å². The van der Waals surface area contributed by atoms with E-state index in [1.54, 1.807) is 12.3 Å². The lowest BCUT2D eigenvalue weighted by atomic mass is 10.3. The highest BCUT2D eigenvalue weighted by Gasteiger charge is 2.00. The third-order valence-corrected chi connectivity index (χ3v) is 1.50. The van der Waals surface area contributed by atoms with Gasteiger partial charge in [-0.05, 0) is 18.2 Å². The molecular weight excluding hydrogens is 156 g/mol. The molecule has 4 nitrogen and oxygen atoms in total. The normalized spacial score (nSPS) is 11.3. The van der Waals surface area contributed by atoms with Gasteiger partial charge >= 0.3 is 0 Å². The summed E-state index contributed by atoms with van der Waals surface area (Å²) < 4.78 is 5.19. The maximum atomic E-state index is 8.23. The van der Waals surface area contributed by atoms with Gasteiger partial charge in [0.1, 0.15) is 6.21 Å². The van der Waals surface area contributed by atoms with E-state index in [4.69, 9.17) is 9.62 Å². The highest BCUT2D eigenvalue weighted by molar-refractivity contribution is 5.84. The minimum Gasteiger partial charge on any atom is -0.437 e. The van der Waals surface area contributed by atoms with Crippen molar-refractivity contribution >= 4 is 17.3 Å². The number of rotatable bonds is 1. The number of oxime groups is 1.